The average Bonchev–Trinajstić information content (AvgIpc) is 2.17. The molecule has 0 heterocycles. The number of carbonyl (C=O) groups is 1. The second-order valence-electron chi connectivity index (χ2n) is 2.42. The molecule has 0 saturated heterocycles. The summed E-state index contributed by atoms with van der Waals surface area (Å²) >= 11 is 0. The Morgan fingerprint density at radius 2 is 2.15 bits per heavy atom. The SMILES string of the molecule is N=CC(=N)c1cc(C=O)ccc1F. The topological polar surface area (TPSA) is 64.8 Å². The van der Waals surface area contributed by atoms with Crippen LogP contribution >= 0.6 is 0 Å². The van der Waals surface area contributed by atoms with Crippen molar-refractivity contribution < 1.29 is 9.18 Å². The molecule has 0 bridgehead atoms. The molecule has 2 N–H and O–H groups in total. The Kier molecular flexibility index (Phi) is 2.64. The quantitative estimate of drug-likeness (QED) is 0.536. The van der Waals surface area contributed by atoms with Crippen molar-refractivity contribution in [3.8, 4) is 0 Å². The van der Waals surface area contributed by atoms with Crippen molar-refractivity contribution in [3.05, 3.63) is 35.1 Å². The van der Waals surface area contributed by atoms with Crippen LogP contribution < -0.4 is 0 Å². The van der Waals surface area contributed by atoms with Crippen LogP contribution in [-0.4, -0.2) is 18.2 Å². The van der Waals surface area contributed by atoms with Crippen molar-refractivity contribution in [2.24, 2.45) is 0 Å². The number of hydrogen-bond acceptors (Lipinski definition) is 3. The zero-order valence-electron chi connectivity index (χ0n) is 6.67. The van der Waals surface area contributed by atoms with Crippen molar-refractivity contribution in [1.29, 1.82) is 10.8 Å². The summed E-state index contributed by atoms with van der Waals surface area (Å²) in [6.07, 6.45) is 1.30. The van der Waals surface area contributed by atoms with Crippen molar-refractivity contribution in [2.45, 2.75) is 0 Å². The molecule has 1 aromatic rings. The van der Waals surface area contributed by atoms with Crippen LogP contribution in [0.15, 0.2) is 18.2 Å². The maximum absolute atomic E-state index is 13.0. The van der Waals surface area contributed by atoms with Crippen molar-refractivity contribution in [3.63, 3.8) is 0 Å². The lowest BCUT2D eigenvalue weighted by Crippen LogP contribution is -2.03. The van der Waals surface area contributed by atoms with E-state index in [2.05, 4.69) is 0 Å². The molecule has 3 nitrogen and oxygen atoms in total. The van der Waals surface area contributed by atoms with Crippen LogP contribution in [0.3, 0.4) is 0 Å². The van der Waals surface area contributed by atoms with Gasteiger partial charge in [0, 0.05) is 17.3 Å². The molecule has 1 aromatic carbocycles. The highest BCUT2D eigenvalue weighted by Gasteiger charge is 2.06. The maximum Gasteiger partial charge on any atom is 0.150 e. The minimum Gasteiger partial charge on any atom is -0.307 e. The zero-order valence-corrected chi connectivity index (χ0v) is 6.67. The van der Waals surface area contributed by atoms with Gasteiger partial charge in [-0.2, -0.15) is 0 Å². The van der Waals surface area contributed by atoms with Crippen LogP contribution in [0.4, 0.5) is 4.39 Å². The van der Waals surface area contributed by atoms with Crippen LogP contribution in [0.2, 0.25) is 0 Å². The summed E-state index contributed by atoms with van der Waals surface area (Å²) in [4.78, 5) is 10.3. The van der Waals surface area contributed by atoms with Crippen LogP contribution in [-0.2, 0) is 0 Å². The third kappa shape index (κ3) is 1.84. The highest BCUT2D eigenvalue weighted by Crippen LogP contribution is 2.09. The molecule has 0 radical (unpaired) electrons. The van der Waals surface area contributed by atoms with Gasteiger partial charge < -0.3 is 5.41 Å². The highest BCUT2D eigenvalue weighted by atomic mass is 19.1. The molecule has 0 saturated carbocycles. The number of aldehydes is 1. The zero-order chi connectivity index (χ0) is 9.84. The second-order valence-corrected chi connectivity index (χ2v) is 2.42. The molecule has 0 aliphatic heterocycles. The first-order chi connectivity index (χ1) is 6.19. The summed E-state index contributed by atoms with van der Waals surface area (Å²) in [6.45, 7) is 0. The van der Waals surface area contributed by atoms with E-state index in [9.17, 15) is 9.18 Å². The number of halogens is 1. The molecular weight excluding hydrogens is 171 g/mol. The third-order valence-corrected chi connectivity index (χ3v) is 1.56. The number of nitrogens with one attached hydrogen (secondary N) is 2. The van der Waals surface area contributed by atoms with Crippen LogP contribution in [0.1, 0.15) is 15.9 Å². The smallest absolute Gasteiger partial charge is 0.150 e. The molecule has 1 rings (SSSR count). The van der Waals surface area contributed by atoms with Gasteiger partial charge in [-0.15, -0.1) is 0 Å². The maximum atomic E-state index is 13.0. The van der Waals surface area contributed by atoms with Gasteiger partial charge in [0.25, 0.3) is 0 Å². The fourth-order valence-electron chi connectivity index (χ4n) is 0.900. The molecule has 0 fully saturated rings. The molecule has 0 aliphatic carbocycles. The van der Waals surface area contributed by atoms with E-state index in [0.717, 1.165) is 12.3 Å². The first-order valence-electron chi connectivity index (χ1n) is 3.53. The summed E-state index contributed by atoms with van der Waals surface area (Å²) < 4.78 is 13.0. The Labute approximate surface area is 74.2 Å². The van der Waals surface area contributed by atoms with E-state index in [0.29, 0.717) is 11.8 Å². The largest absolute Gasteiger partial charge is 0.307 e. The van der Waals surface area contributed by atoms with Gasteiger partial charge in [0.1, 0.15) is 12.1 Å². The summed E-state index contributed by atoms with van der Waals surface area (Å²) in [5, 5.41) is 14.0. The molecule has 0 aromatic heterocycles. The van der Waals surface area contributed by atoms with E-state index in [4.69, 9.17) is 10.8 Å². The summed E-state index contributed by atoms with van der Waals surface area (Å²) in [5.74, 6) is -0.598. The van der Waals surface area contributed by atoms with Gasteiger partial charge in [-0.05, 0) is 18.2 Å². The lowest BCUT2D eigenvalue weighted by atomic mass is 10.1. The second kappa shape index (κ2) is 3.71. The van der Waals surface area contributed by atoms with Crippen molar-refractivity contribution in [1.82, 2.24) is 0 Å². The van der Waals surface area contributed by atoms with Gasteiger partial charge in [-0.3, -0.25) is 10.2 Å². The van der Waals surface area contributed by atoms with Crippen molar-refractivity contribution in [2.75, 3.05) is 0 Å². The van der Waals surface area contributed by atoms with Gasteiger partial charge in [-0.25, -0.2) is 4.39 Å². The molecule has 0 unspecified atom stereocenters. The number of rotatable bonds is 3. The molecule has 13 heavy (non-hydrogen) atoms. The van der Waals surface area contributed by atoms with E-state index in [1.54, 1.807) is 0 Å². The van der Waals surface area contributed by atoms with Crippen molar-refractivity contribution >= 4 is 18.2 Å². The third-order valence-electron chi connectivity index (χ3n) is 1.56. The van der Waals surface area contributed by atoms with Gasteiger partial charge in [0.05, 0.1) is 5.71 Å². The van der Waals surface area contributed by atoms with E-state index in [1.165, 1.54) is 12.1 Å². The average molecular weight is 178 g/mol. The Hall–Kier alpha value is -1.84. The predicted octanol–water partition coefficient (Wildman–Crippen LogP) is 1.66. The molecule has 0 aliphatic rings. The van der Waals surface area contributed by atoms with Gasteiger partial charge in [0.2, 0.25) is 0 Å². The normalized spacial score (nSPS) is 9.31. The molecule has 0 amide bonds. The lowest BCUT2D eigenvalue weighted by Gasteiger charge is -2.00. The first-order valence-corrected chi connectivity index (χ1v) is 3.53. The molecule has 4 heteroatoms. The van der Waals surface area contributed by atoms with Gasteiger partial charge >= 0.3 is 0 Å². The van der Waals surface area contributed by atoms with Crippen LogP contribution in [0.25, 0.3) is 0 Å². The monoisotopic (exact) mass is 178 g/mol. The summed E-state index contributed by atoms with van der Waals surface area (Å²) in [6, 6.07) is 3.68. The fourth-order valence-corrected chi connectivity index (χ4v) is 0.900. The molecule has 0 atom stereocenters. The molecule has 66 valence electrons. The lowest BCUT2D eigenvalue weighted by molar-refractivity contribution is 0.112. The number of carbonyl (C=O) groups excluding carboxylic acids is 1. The summed E-state index contributed by atoms with van der Waals surface area (Å²) in [5.41, 5.74) is 0.0174. The Balaban J connectivity index is 3.25. The van der Waals surface area contributed by atoms with Crippen LogP contribution in [0.5, 0.6) is 0 Å². The Morgan fingerprint density at radius 3 is 2.69 bits per heavy atom. The fraction of sp³-hybridized carbons (Fsp3) is 0. The van der Waals surface area contributed by atoms with E-state index in [-0.39, 0.29) is 11.3 Å². The molecular formula is C9H7FN2O. The minimum absolute atomic E-state index is 0.0281. The van der Waals surface area contributed by atoms with E-state index >= 15 is 0 Å². The Morgan fingerprint density at radius 1 is 1.46 bits per heavy atom. The minimum atomic E-state index is -0.598. The van der Waals surface area contributed by atoms with E-state index in [1.807, 2.05) is 0 Å². The molecule has 0 spiro atoms. The first kappa shape index (κ1) is 9.25. The number of hydrogen-bond donors (Lipinski definition) is 2. The van der Waals surface area contributed by atoms with Crippen LogP contribution in [0, 0.1) is 16.6 Å². The Bertz CT molecular complexity index is 374. The number of benzene rings is 1. The van der Waals surface area contributed by atoms with E-state index < -0.39 is 5.82 Å². The van der Waals surface area contributed by atoms with Gasteiger partial charge in [-0.1, -0.05) is 0 Å². The standard InChI is InChI=1S/C9H7FN2O/c10-8-2-1-6(5-13)3-7(8)9(12)4-11/h1-5,11-12H. The highest BCUT2D eigenvalue weighted by molar-refractivity contribution is 6.35. The summed E-state index contributed by atoms with van der Waals surface area (Å²) in [7, 11) is 0. The predicted molar refractivity (Wildman–Crippen MR) is 47.4 cm³/mol. The van der Waals surface area contributed by atoms with Gasteiger partial charge in [0.15, 0.2) is 0 Å².